The average Bonchev–Trinajstić information content (AvgIpc) is 2.43. The molecule has 8 nitrogen and oxygen atoms in total. The maximum absolute atomic E-state index is 8.48. The van der Waals surface area contributed by atoms with Gasteiger partial charge < -0.3 is 36.5 Å². The van der Waals surface area contributed by atoms with E-state index in [-0.39, 0.29) is 52.5 Å². The summed E-state index contributed by atoms with van der Waals surface area (Å²) in [5.74, 6) is 0. The average molecular weight is 381 g/mol. The standard InChI is InChI=1S/C6H15NO3.2C4H10O.2H2O.Ti/c8-4-1-7(2-5-9)3-6-10;2*1-2-3-4-5;;;/h8-10H,1-6H2;2*5H,2-4H2,1H3;2*1H2;. The largest absolute Gasteiger partial charge is 0.412 e. The molecule has 0 rings (SSSR count). The van der Waals surface area contributed by atoms with E-state index in [0.717, 1.165) is 25.7 Å². The van der Waals surface area contributed by atoms with E-state index in [0.29, 0.717) is 32.8 Å². The maximum Gasteiger partial charge on any atom is 0.0558 e. The Bertz CT molecular complexity index is 124. The fourth-order valence-corrected chi connectivity index (χ4v) is 1.08. The van der Waals surface area contributed by atoms with Crippen LogP contribution in [-0.4, -0.2) is 94.1 Å². The van der Waals surface area contributed by atoms with Crippen LogP contribution in [-0.2, 0) is 21.7 Å². The van der Waals surface area contributed by atoms with Gasteiger partial charge in [0, 0.05) is 54.6 Å². The van der Waals surface area contributed by atoms with Crippen molar-refractivity contribution in [1.29, 1.82) is 0 Å². The van der Waals surface area contributed by atoms with E-state index in [9.17, 15) is 0 Å². The minimum Gasteiger partial charge on any atom is -0.412 e. The topological polar surface area (TPSA) is 167 Å². The van der Waals surface area contributed by atoms with E-state index in [4.69, 9.17) is 25.5 Å². The summed E-state index contributed by atoms with van der Waals surface area (Å²) >= 11 is 0. The van der Waals surface area contributed by atoms with Gasteiger partial charge >= 0.3 is 0 Å². The Morgan fingerprint density at radius 1 is 0.565 bits per heavy atom. The summed E-state index contributed by atoms with van der Waals surface area (Å²) < 4.78 is 0. The van der Waals surface area contributed by atoms with Crippen molar-refractivity contribution in [2.24, 2.45) is 0 Å². The fourth-order valence-electron chi connectivity index (χ4n) is 1.08. The second kappa shape index (κ2) is 43.3. The first kappa shape index (κ1) is 38.8. The van der Waals surface area contributed by atoms with Gasteiger partial charge in [-0.3, -0.25) is 4.90 Å². The minimum absolute atomic E-state index is 0. The molecule has 23 heavy (non-hydrogen) atoms. The Labute approximate surface area is 155 Å². The smallest absolute Gasteiger partial charge is 0.0558 e. The monoisotopic (exact) mass is 381 g/mol. The molecule has 0 heterocycles. The van der Waals surface area contributed by atoms with Gasteiger partial charge in [-0.25, -0.2) is 0 Å². The van der Waals surface area contributed by atoms with E-state index < -0.39 is 0 Å². The SMILES string of the molecule is CCCCO.CCCCO.O.O.OCCN(CCO)CCO.[Ti]. The van der Waals surface area contributed by atoms with Crippen molar-refractivity contribution in [3.05, 3.63) is 0 Å². The summed E-state index contributed by atoms with van der Waals surface area (Å²) in [5, 5.41) is 41.6. The number of aliphatic hydroxyl groups excluding tert-OH is 5. The Balaban J connectivity index is -0.0000000483. The minimum atomic E-state index is 0. The molecule has 146 valence electrons. The van der Waals surface area contributed by atoms with Crippen molar-refractivity contribution in [3.63, 3.8) is 0 Å². The number of hydrogen-bond donors (Lipinski definition) is 5. The van der Waals surface area contributed by atoms with Gasteiger partial charge in [-0.15, -0.1) is 0 Å². The molecule has 0 saturated heterocycles. The van der Waals surface area contributed by atoms with Crippen LogP contribution < -0.4 is 0 Å². The summed E-state index contributed by atoms with van der Waals surface area (Å²) in [4.78, 5) is 1.79. The zero-order valence-electron chi connectivity index (χ0n) is 14.7. The van der Waals surface area contributed by atoms with Crippen LogP contribution in [0.25, 0.3) is 0 Å². The molecule has 0 saturated carbocycles. The molecule has 0 aliphatic heterocycles. The molecule has 0 amide bonds. The van der Waals surface area contributed by atoms with Gasteiger partial charge in [-0.1, -0.05) is 26.7 Å². The molecular formula is C14H39NO7Ti. The molecule has 9 heteroatoms. The second-order valence-electron chi connectivity index (χ2n) is 4.17. The first-order chi connectivity index (χ1) is 9.67. The molecule has 0 aliphatic carbocycles. The van der Waals surface area contributed by atoms with Gasteiger partial charge in [0.2, 0.25) is 0 Å². The van der Waals surface area contributed by atoms with Crippen molar-refractivity contribution >= 4 is 0 Å². The van der Waals surface area contributed by atoms with E-state index in [1.807, 2.05) is 0 Å². The number of aliphatic hydroxyl groups is 5. The van der Waals surface area contributed by atoms with Crippen LogP contribution in [0.1, 0.15) is 39.5 Å². The third kappa shape index (κ3) is 51.9. The molecule has 0 fully saturated rings. The second-order valence-corrected chi connectivity index (χ2v) is 4.17. The number of unbranched alkanes of at least 4 members (excludes halogenated alkanes) is 2. The summed E-state index contributed by atoms with van der Waals surface area (Å²) in [6.07, 6.45) is 4.08. The van der Waals surface area contributed by atoms with Gasteiger partial charge in [-0.2, -0.15) is 0 Å². The van der Waals surface area contributed by atoms with Crippen LogP contribution in [0, 0.1) is 0 Å². The first-order valence-electron chi connectivity index (χ1n) is 7.44. The third-order valence-corrected chi connectivity index (χ3v) is 2.27. The Kier molecular flexibility index (Phi) is 72.9. The Hall–Kier alpha value is 0.394. The van der Waals surface area contributed by atoms with E-state index in [1.54, 1.807) is 4.90 Å². The first-order valence-corrected chi connectivity index (χ1v) is 7.44. The maximum atomic E-state index is 8.48. The van der Waals surface area contributed by atoms with Gasteiger partial charge in [0.25, 0.3) is 0 Å². The van der Waals surface area contributed by atoms with Crippen molar-refractivity contribution in [1.82, 2.24) is 4.90 Å². The van der Waals surface area contributed by atoms with Crippen LogP contribution in [0.3, 0.4) is 0 Å². The van der Waals surface area contributed by atoms with Gasteiger partial charge in [0.05, 0.1) is 19.8 Å². The van der Waals surface area contributed by atoms with Crippen LogP contribution in [0.2, 0.25) is 0 Å². The van der Waals surface area contributed by atoms with Crippen LogP contribution in [0.5, 0.6) is 0 Å². The Morgan fingerprint density at radius 2 is 0.826 bits per heavy atom. The van der Waals surface area contributed by atoms with E-state index >= 15 is 0 Å². The molecule has 0 spiro atoms. The number of nitrogens with zero attached hydrogens (tertiary/aromatic N) is 1. The van der Waals surface area contributed by atoms with Crippen LogP contribution in [0.15, 0.2) is 0 Å². The molecule has 0 unspecified atom stereocenters. The van der Waals surface area contributed by atoms with Crippen LogP contribution >= 0.6 is 0 Å². The van der Waals surface area contributed by atoms with Crippen molar-refractivity contribution in [3.8, 4) is 0 Å². The van der Waals surface area contributed by atoms with Gasteiger partial charge in [0.1, 0.15) is 0 Å². The van der Waals surface area contributed by atoms with Crippen LogP contribution in [0.4, 0.5) is 0 Å². The molecule has 9 N–H and O–H groups in total. The van der Waals surface area contributed by atoms with E-state index in [1.165, 1.54) is 0 Å². The predicted molar refractivity (Wildman–Crippen MR) is 88.9 cm³/mol. The summed E-state index contributed by atoms with van der Waals surface area (Å²) in [6.45, 7) is 6.54. The van der Waals surface area contributed by atoms with Crippen molar-refractivity contribution in [2.45, 2.75) is 39.5 Å². The van der Waals surface area contributed by atoms with Crippen molar-refractivity contribution in [2.75, 3.05) is 52.7 Å². The summed E-state index contributed by atoms with van der Waals surface area (Å²) in [6, 6.07) is 0. The molecule has 0 atom stereocenters. The quantitative estimate of drug-likeness (QED) is 0.279. The Morgan fingerprint density at radius 3 is 0.913 bits per heavy atom. The van der Waals surface area contributed by atoms with Gasteiger partial charge in [0.15, 0.2) is 0 Å². The zero-order chi connectivity index (χ0) is 16.1. The normalized spacial score (nSPS) is 8.35. The zero-order valence-corrected chi connectivity index (χ0v) is 16.2. The van der Waals surface area contributed by atoms with Crippen molar-refractivity contribution < 1.29 is 58.2 Å². The molecule has 0 bridgehead atoms. The van der Waals surface area contributed by atoms with E-state index in [2.05, 4.69) is 13.8 Å². The molecule has 0 aliphatic rings. The third-order valence-electron chi connectivity index (χ3n) is 2.27. The summed E-state index contributed by atoms with van der Waals surface area (Å²) in [5.41, 5.74) is 0. The predicted octanol–water partition coefficient (Wildman–Crippen LogP) is -1.83. The number of rotatable bonds is 10. The molecule has 0 aromatic heterocycles. The number of hydrogen-bond acceptors (Lipinski definition) is 6. The molecule has 0 aromatic carbocycles. The summed E-state index contributed by atoms with van der Waals surface area (Å²) in [7, 11) is 0. The molecule has 0 radical (unpaired) electrons. The van der Waals surface area contributed by atoms with Gasteiger partial charge in [-0.05, 0) is 12.8 Å². The fraction of sp³-hybridized carbons (Fsp3) is 1.00. The molecular weight excluding hydrogens is 342 g/mol. The molecule has 0 aromatic rings.